The maximum atomic E-state index is 14.2. The summed E-state index contributed by atoms with van der Waals surface area (Å²) in [6.45, 7) is 3.03. The standard InChI is InChI=1S/C32H32FN7O5/c33-25-14-20(16-34)4-5-23(25)19-44-30-3-1-2-26(37-30)21-8-11-40(12-9-21)18-29(41)36-27-7-6-22(31-38-32(42)45-39-31)15-28(27)35-17-24-10-13-43-24/h1-7,14-15,21,24,35H,8-13,17-19H2,(H,36,41)(H,38,39,42)/t24-/m0/s1. The number of carbonyl (C=O) groups excluding carboxylic acids is 1. The van der Waals surface area contributed by atoms with Crippen LogP contribution < -0.4 is 21.1 Å². The van der Waals surface area contributed by atoms with Gasteiger partial charge < -0.3 is 24.6 Å². The Hall–Kier alpha value is -5.06. The molecule has 6 rings (SSSR count). The molecule has 1 amide bonds. The highest BCUT2D eigenvalue weighted by molar-refractivity contribution is 5.96. The largest absolute Gasteiger partial charge is 0.473 e. The molecular formula is C32H32FN7O5. The number of nitrogens with one attached hydrogen (secondary N) is 3. The molecule has 2 aliphatic heterocycles. The zero-order valence-electron chi connectivity index (χ0n) is 24.4. The molecule has 45 heavy (non-hydrogen) atoms. The van der Waals surface area contributed by atoms with Crippen LogP contribution in [0.5, 0.6) is 5.88 Å². The predicted octanol–water partition coefficient (Wildman–Crippen LogP) is 4.03. The first-order chi connectivity index (χ1) is 21.9. The van der Waals surface area contributed by atoms with E-state index in [0.29, 0.717) is 40.8 Å². The number of piperidine rings is 1. The second-order valence-corrected chi connectivity index (χ2v) is 11.1. The van der Waals surface area contributed by atoms with Crippen LogP contribution in [0.1, 0.15) is 42.0 Å². The van der Waals surface area contributed by atoms with Crippen LogP contribution in [0, 0.1) is 17.1 Å². The number of ether oxygens (including phenoxy) is 2. The number of H-pyrrole nitrogens is 1. The fourth-order valence-corrected chi connectivity index (χ4v) is 5.37. The number of hydrogen-bond acceptors (Lipinski definition) is 10. The number of aromatic amines is 1. The SMILES string of the molecule is N#Cc1ccc(COc2cccc(C3CCN(CC(=O)Nc4ccc(-c5nc(=O)o[nH]5)cc4NC[C@@H]4CCO4)CC3)n2)c(F)c1. The van der Waals surface area contributed by atoms with Gasteiger partial charge in [0.15, 0.2) is 5.82 Å². The molecule has 2 aromatic heterocycles. The molecule has 13 heteroatoms. The number of hydrogen-bond donors (Lipinski definition) is 3. The third-order valence-corrected chi connectivity index (χ3v) is 7.99. The molecule has 4 heterocycles. The highest BCUT2D eigenvalue weighted by atomic mass is 19.1. The minimum absolute atomic E-state index is 0.00953. The molecule has 2 aliphatic rings. The lowest BCUT2D eigenvalue weighted by molar-refractivity contribution is -0.117. The number of nitrogens with zero attached hydrogens (tertiary/aromatic N) is 4. The quantitative estimate of drug-likeness (QED) is 0.225. The van der Waals surface area contributed by atoms with Gasteiger partial charge in [-0.3, -0.25) is 9.69 Å². The third-order valence-electron chi connectivity index (χ3n) is 7.99. The molecule has 0 spiro atoms. The zero-order valence-corrected chi connectivity index (χ0v) is 24.4. The van der Waals surface area contributed by atoms with Crippen molar-refractivity contribution in [2.45, 2.75) is 37.9 Å². The van der Waals surface area contributed by atoms with Crippen molar-refractivity contribution < 1.29 is 23.2 Å². The zero-order chi connectivity index (χ0) is 31.2. The van der Waals surface area contributed by atoms with Crippen molar-refractivity contribution in [1.29, 1.82) is 5.26 Å². The van der Waals surface area contributed by atoms with Crippen LogP contribution in [0.3, 0.4) is 0 Å². The summed E-state index contributed by atoms with van der Waals surface area (Å²) in [5.74, 6) is -0.417. The highest BCUT2D eigenvalue weighted by Crippen LogP contribution is 2.30. The van der Waals surface area contributed by atoms with E-state index in [1.807, 2.05) is 18.2 Å². The minimum atomic E-state index is -0.711. The molecule has 1 atom stereocenters. The molecule has 2 aromatic carbocycles. The molecule has 0 unspecified atom stereocenters. The van der Waals surface area contributed by atoms with Crippen molar-refractivity contribution >= 4 is 17.3 Å². The van der Waals surface area contributed by atoms with Crippen molar-refractivity contribution in [1.82, 2.24) is 20.0 Å². The van der Waals surface area contributed by atoms with E-state index in [0.717, 1.165) is 44.7 Å². The Morgan fingerprint density at radius 3 is 2.67 bits per heavy atom. The molecule has 12 nitrogen and oxygen atoms in total. The van der Waals surface area contributed by atoms with Gasteiger partial charge in [-0.1, -0.05) is 12.1 Å². The predicted molar refractivity (Wildman–Crippen MR) is 162 cm³/mol. The van der Waals surface area contributed by atoms with Crippen molar-refractivity contribution in [3.05, 3.63) is 87.8 Å². The number of pyridine rings is 1. The van der Waals surface area contributed by atoms with Gasteiger partial charge in [-0.25, -0.2) is 14.2 Å². The monoisotopic (exact) mass is 613 g/mol. The number of halogens is 1. The van der Waals surface area contributed by atoms with Gasteiger partial charge >= 0.3 is 5.76 Å². The van der Waals surface area contributed by atoms with Gasteiger partial charge in [0, 0.05) is 42.0 Å². The molecule has 0 saturated carbocycles. The Morgan fingerprint density at radius 2 is 1.96 bits per heavy atom. The van der Waals surface area contributed by atoms with E-state index >= 15 is 0 Å². The van der Waals surface area contributed by atoms with Crippen LogP contribution in [-0.2, 0) is 16.1 Å². The van der Waals surface area contributed by atoms with Crippen LogP contribution in [0.2, 0.25) is 0 Å². The molecule has 0 radical (unpaired) electrons. The maximum absolute atomic E-state index is 14.2. The summed E-state index contributed by atoms with van der Waals surface area (Å²) in [5.41, 5.74) is 3.46. The number of carbonyl (C=O) groups is 1. The smallest absolute Gasteiger partial charge is 0.460 e. The maximum Gasteiger partial charge on any atom is 0.460 e. The van der Waals surface area contributed by atoms with E-state index < -0.39 is 11.6 Å². The van der Waals surface area contributed by atoms with E-state index in [4.69, 9.17) is 19.3 Å². The lowest BCUT2D eigenvalue weighted by Crippen LogP contribution is -2.39. The van der Waals surface area contributed by atoms with Crippen LogP contribution in [-0.4, -0.2) is 64.8 Å². The molecule has 3 N–H and O–H groups in total. The van der Waals surface area contributed by atoms with Gasteiger partial charge in [0.05, 0.1) is 35.7 Å². The third kappa shape index (κ3) is 7.54. The summed E-state index contributed by atoms with van der Waals surface area (Å²) in [6, 6.07) is 17.1. The van der Waals surface area contributed by atoms with Gasteiger partial charge in [0.25, 0.3) is 0 Å². The van der Waals surface area contributed by atoms with Crippen molar-refractivity contribution in [2.75, 3.05) is 43.4 Å². The van der Waals surface area contributed by atoms with E-state index in [9.17, 15) is 14.0 Å². The number of aromatic nitrogens is 3. The van der Waals surface area contributed by atoms with Crippen LogP contribution >= 0.6 is 0 Å². The van der Waals surface area contributed by atoms with E-state index in [1.165, 1.54) is 6.07 Å². The van der Waals surface area contributed by atoms with E-state index in [1.54, 1.807) is 36.4 Å². The minimum Gasteiger partial charge on any atom is -0.473 e. The van der Waals surface area contributed by atoms with Crippen molar-refractivity contribution in [3.63, 3.8) is 0 Å². The second kappa shape index (κ2) is 13.7. The molecule has 0 aliphatic carbocycles. The first-order valence-electron chi connectivity index (χ1n) is 14.8. The number of amides is 1. The highest BCUT2D eigenvalue weighted by Gasteiger charge is 2.24. The summed E-state index contributed by atoms with van der Waals surface area (Å²) < 4.78 is 30.2. The Kier molecular flexibility index (Phi) is 9.14. The molecule has 0 bridgehead atoms. The summed E-state index contributed by atoms with van der Waals surface area (Å²) >= 11 is 0. The van der Waals surface area contributed by atoms with Gasteiger partial charge in [-0.15, -0.1) is 0 Å². The Bertz CT molecular complexity index is 1760. The Labute approximate surface area is 258 Å². The van der Waals surface area contributed by atoms with Crippen LogP contribution in [0.15, 0.2) is 63.9 Å². The summed E-state index contributed by atoms with van der Waals surface area (Å²) in [7, 11) is 0. The molecular weight excluding hydrogens is 581 g/mol. The first kappa shape index (κ1) is 30.0. The summed E-state index contributed by atoms with van der Waals surface area (Å²) in [4.78, 5) is 35.1. The second-order valence-electron chi connectivity index (χ2n) is 11.1. The van der Waals surface area contributed by atoms with Crippen LogP contribution in [0.4, 0.5) is 15.8 Å². The van der Waals surface area contributed by atoms with Crippen molar-refractivity contribution in [2.24, 2.45) is 0 Å². The average Bonchev–Trinajstić information content (AvgIpc) is 3.47. The lowest BCUT2D eigenvalue weighted by Gasteiger charge is -2.31. The first-order valence-corrected chi connectivity index (χ1v) is 14.8. The molecule has 232 valence electrons. The van der Waals surface area contributed by atoms with Gasteiger partial charge in [0.2, 0.25) is 11.8 Å². The number of benzene rings is 2. The normalized spacial score (nSPS) is 16.8. The molecule has 2 saturated heterocycles. The van der Waals surface area contributed by atoms with E-state index in [-0.39, 0.29) is 36.6 Å². The molecule has 2 fully saturated rings. The van der Waals surface area contributed by atoms with E-state index in [2.05, 4.69) is 30.7 Å². The number of rotatable bonds is 11. The number of nitriles is 1. The topological polar surface area (TPSA) is 158 Å². The number of anilines is 2. The van der Waals surface area contributed by atoms with Gasteiger partial charge in [-0.2, -0.15) is 15.4 Å². The van der Waals surface area contributed by atoms with Crippen molar-refractivity contribution in [3.8, 4) is 23.3 Å². The van der Waals surface area contributed by atoms with Gasteiger partial charge in [-0.05, 0) is 68.8 Å². The summed E-state index contributed by atoms with van der Waals surface area (Å²) in [6.07, 6.45) is 2.73. The molecule has 4 aromatic rings. The fourth-order valence-electron chi connectivity index (χ4n) is 5.37. The van der Waals surface area contributed by atoms with Gasteiger partial charge in [0.1, 0.15) is 12.4 Å². The number of likely N-dealkylation sites (tertiary alicyclic amines) is 1. The van der Waals surface area contributed by atoms with Crippen LogP contribution in [0.25, 0.3) is 11.4 Å². The summed E-state index contributed by atoms with van der Waals surface area (Å²) in [5, 5.41) is 17.8. The Balaban J connectivity index is 1.02. The lowest BCUT2D eigenvalue weighted by atomic mass is 9.93. The average molecular weight is 614 g/mol. The Morgan fingerprint density at radius 1 is 1.11 bits per heavy atom. The fraction of sp³-hybridized carbons (Fsp3) is 0.344.